The van der Waals surface area contributed by atoms with E-state index in [1.807, 2.05) is 12.3 Å². The van der Waals surface area contributed by atoms with E-state index in [1.54, 1.807) is 0 Å². The minimum atomic E-state index is -0.263. The summed E-state index contributed by atoms with van der Waals surface area (Å²) in [6, 6.07) is 73.7. The normalized spacial score (nSPS) is 13.2. The quantitative estimate of drug-likeness (QED) is 0.128. The fraction of sp³-hybridized carbons (Fsp3) is 0.250. The third-order valence-corrected chi connectivity index (χ3v) is 16.0. The first kappa shape index (κ1) is 54.2. The van der Waals surface area contributed by atoms with E-state index >= 15 is 0 Å². The zero-order valence-electron chi connectivity index (χ0n) is 47.5. The minimum Gasteiger partial charge on any atom is -0.509 e. The standard InChI is InChI=1S/C72H71N4O.Pt/c1-68(2,3)52-35-36-73-67(44-52)76-63-33-29-49(48-23-17-14-18-24-48)37-62(63)61-32-31-59(46-65(61)76)77-60-42-55(70(7,8)9)40-58(45-60)74-47-75(66-43-53(30-34-64(66)74)71(10,11)50-25-19-15-20-26-50)57-39-54(69(4,5)6)38-56(41-57)72(12,13)51-27-21-16-22-28-51;/h14-44,47H,1-13H3;/q-3;. The summed E-state index contributed by atoms with van der Waals surface area (Å²) in [4.78, 5) is 9.69. The van der Waals surface area contributed by atoms with Crippen molar-refractivity contribution in [1.82, 2.24) is 9.55 Å². The van der Waals surface area contributed by atoms with Crippen molar-refractivity contribution in [2.75, 3.05) is 9.80 Å². The molecule has 0 saturated carbocycles. The van der Waals surface area contributed by atoms with Crippen LogP contribution in [-0.4, -0.2) is 9.55 Å². The van der Waals surface area contributed by atoms with Crippen LogP contribution in [0.3, 0.4) is 0 Å². The smallest absolute Gasteiger partial charge is 0.135 e. The maximum atomic E-state index is 7.04. The van der Waals surface area contributed by atoms with Crippen molar-refractivity contribution >= 4 is 44.6 Å². The van der Waals surface area contributed by atoms with E-state index in [0.717, 1.165) is 61.5 Å². The van der Waals surface area contributed by atoms with Crippen molar-refractivity contribution in [3.05, 3.63) is 246 Å². The largest absolute Gasteiger partial charge is 0.509 e. The maximum absolute atomic E-state index is 7.04. The Balaban J connectivity index is 0.00000688. The number of benzene rings is 8. The van der Waals surface area contributed by atoms with Crippen molar-refractivity contribution in [2.45, 2.75) is 117 Å². The Morgan fingerprint density at radius 2 is 1.03 bits per heavy atom. The van der Waals surface area contributed by atoms with Crippen LogP contribution in [0.2, 0.25) is 0 Å². The van der Waals surface area contributed by atoms with Gasteiger partial charge in [-0.2, -0.15) is 6.07 Å². The molecule has 10 aromatic rings. The summed E-state index contributed by atoms with van der Waals surface area (Å²) in [6.07, 6.45) is 1.92. The molecular weight excluding hydrogens is 1130 g/mol. The van der Waals surface area contributed by atoms with E-state index in [2.05, 4.69) is 299 Å². The number of aromatic nitrogens is 2. The molecule has 0 atom stereocenters. The molecule has 0 N–H and O–H groups in total. The number of hydrogen-bond donors (Lipinski definition) is 0. The molecule has 5 nitrogen and oxygen atoms in total. The van der Waals surface area contributed by atoms with E-state index in [0.29, 0.717) is 11.5 Å². The van der Waals surface area contributed by atoms with Gasteiger partial charge in [0, 0.05) is 72.2 Å². The number of hydrogen-bond acceptors (Lipinski definition) is 4. The minimum absolute atomic E-state index is 0. The second-order valence-corrected chi connectivity index (χ2v) is 25.2. The van der Waals surface area contributed by atoms with Gasteiger partial charge >= 0.3 is 0 Å². The molecule has 0 unspecified atom stereocenters. The molecule has 0 radical (unpaired) electrons. The van der Waals surface area contributed by atoms with Gasteiger partial charge in [0.1, 0.15) is 5.82 Å². The summed E-state index contributed by atoms with van der Waals surface area (Å²) in [6.45, 7) is 32.0. The van der Waals surface area contributed by atoms with Crippen LogP contribution in [0.5, 0.6) is 11.5 Å². The molecule has 2 aromatic heterocycles. The van der Waals surface area contributed by atoms with Crippen molar-refractivity contribution < 1.29 is 25.8 Å². The molecule has 1 aliphatic heterocycles. The van der Waals surface area contributed by atoms with Crippen molar-refractivity contribution in [2.24, 2.45) is 0 Å². The number of anilines is 4. The van der Waals surface area contributed by atoms with Gasteiger partial charge in [-0.1, -0.05) is 211 Å². The molecule has 0 saturated heterocycles. The molecule has 3 heterocycles. The van der Waals surface area contributed by atoms with Crippen molar-refractivity contribution in [1.29, 1.82) is 0 Å². The first-order valence-electron chi connectivity index (χ1n) is 27.2. The van der Waals surface area contributed by atoms with Crippen molar-refractivity contribution in [3.63, 3.8) is 0 Å². The first-order valence-corrected chi connectivity index (χ1v) is 27.2. The van der Waals surface area contributed by atoms with Crippen LogP contribution in [0, 0.1) is 18.8 Å². The van der Waals surface area contributed by atoms with Crippen LogP contribution < -0.4 is 14.5 Å². The summed E-state index contributed by atoms with van der Waals surface area (Å²) in [7, 11) is 0. The predicted molar refractivity (Wildman–Crippen MR) is 323 cm³/mol. The van der Waals surface area contributed by atoms with Crippen LogP contribution in [0.4, 0.5) is 22.7 Å². The van der Waals surface area contributed by atoms with E-state index < -0.39 is 0 Å². The molecule has 0 fully saturated rings. The summed E-state index contributed by atoms with van der Waals surface area (Å²) >= 11 is 0. The summed E-state index contributed by atoms with van der Waals surface area (Å²) < 4.78 is 9.28. The van der Waals surface area contributed by atoms with Crippen LogP contribution in [-0.2, 0) is 48.1 Å². The van der Waals surface area contributed by atoms with Gasteiger partial charge < -0.3 is 19.1 Å². The van der Waals surface area contributed by atoms with Gasteiger partial charge in [0.05, 0.1) is 0 Å². The molecule has 8 aromatic carbocycles. The Morgan fingerprint density at radius 3 is 1.67 bits per heavy atom. The van der Waals surface area contributed by atoms with E-state index in [1.165, 1.54) is 38.9 Å². The number of ether oxygens (including phenoxy) is 1. The molecule has 0 bridgehead atoms. The van der Waals surface area contributed by atoms with Gasteiger partial charge in [0.2, 0.25) is 0 Å². The number of fused-ring (bicyclic) bond motifs is 4. The third kappa shape index (κ3) is 10.2. The Bertz CT molecular complexity index is 3820. The monoisotopic (exact) mass is 1200 g/mol. The van der Waals surface area contributed by atoms with Gasteiger partial charge in [-0.3, -0.25) is 0 Å². The van der Waals surface area contributed by atoms with E-state index in [-0.39, 0.29) is 48.1 Å². The average molecular weight is 1200 g/mol. The molecule has 78 heavy (non-hydrogen) atoms. The first-order chi connectivity index (χ1) is 36.5. The molecule has 0 spiro atoms. The Kier molecular flexibility index (Phi) is 14.0. The van der Waals surface area contributed by atoms with Gasteiger partial charge in [-0.15, -0.1) is 53.6 Å². The van der Waals surface area contributed by atoms with Gasteiger partial charge in [-0.05, 0) is 109 Å². The molecule has 11 rings (SSSR count). The summed E-state index contributed by atoms with van der Waals surface area (Å²) in [5.41, 5.74) is 16.2. The molecule has 0 amide bonds. The number of pyridine rings is 1. The summed E-state index contributed by atoms with van der Waals surface area (Å²) in [5.74, 6) is 2.05. The van der Waals surface area contributed by atoms with Crippen LogP contribution >= 0.6 is 0 Å². The third-order valence-electron chi connectivity index (χ3n) is 16.0. The zero-order chi connectivity index (χ0) is 54.2. The van der Waals surface area contributed by atoms with Crippen molar-refractivity contribution in [3.8, 4) is 28.4 Å². The van der Waals surface area contributed by atoms with Gasteiger partial charge in [0.15, 0.2) is 0 Å². The number of nitrogens with zero attached hydrogens (tertiary/aromatic N) is 4. The molecule has 1 aliphatic rings. The number of rotatable bonds is 10. The molecule has 6 heteroatoms. The SMILES string of the molecule is CC(C)(C)c1cc(Oc2[c-]c3c(cc2)c2cc(-c4ccccc4)ccc2n3-c2cc(C(C)(C)C)ccn2)[c-]c(N2[CH-]N(c3cc(C(C)(C)C)cc(C(C)(C)c4ccccc4)c3)c3cc(C(C)(C)c4ccccc4)ccc32)c1.[Pt]. The van der Waals surface area contributed by atoms with Crippen LogP contribution in [0.1, 0.15) is 129 Å². The average Bonchev–Trinajstić information content (AvgIpc) is 4.16. The topological polar surface area (TPSA) is 33.5 Å². The summed E-state index contributed by atoms with van der Waals surface area (Å²) in [5, 5.41) is 2.20. The Labute approximate surface area is 478 Å². The second-order valence-electron chi connectivity index (χ2n) is 25.2. The molecule has 0 aliphatic carbocycles. The Morgan fingerprint density at radius 1 is 0.423 bits per heavy atom. The zero-order valence-corrected chi connectivity index (χ0v) is 49.8. The molecule has 398 valence electrons. The fourth-order valence-corrected chi connectivity index (χ4v) is 10.8. The van der Waals surface area contributed by atoms with Gasteiger partial charge in [0.25, 0.3) is 0 Å². The van der Waals surface area contributed by atoms with Crippen LogP contribution in [0.15, 0.2) is 188 Å². The fourth-order valence-electron chi connectivity index (χ4n) is 10.8. The second kappa shape index (κ2) is 20.2. The van der Waals surface area contributed by atoms with Crippen LogP contribution in [0.25, 0.3) is 38.8 Å². The van der Waals surface area contributed by atoms with Gasteiger partial charge in [-0.25, -0.2) is 4.98 Å². The maximum Gasteiger partial charge on any atom is 0.135 e. The predicted octanol–water partition coefficient (Wildman–Crippen LogP) is 19.2. The van der Waals surface area contributed by atoms with E-state index in [9.17, 15) is 0 Å². The van der Waals surface area contributed by atoms with E-state index in [4.69, 9.17) is 9.72 Å². The Hall–Kier alpha value is -7.20. The molecular formula is C72H71N4OPt-3.